The summed E-state index contributed by atoms with van der Waals surface area (Å²) in [6.07, 6.45) is 3.91. The molecule has 2 N–H and O–H groups in total. The summed E-state index contributed by atoms with van der Waals surface area (Å²) in [5, 5.41) is 14.7. The number of aromatic nitrogens is 1. The van der Waals surface area contributed by atoms with Crippen molar-refractivity contribution < 1.29 is 5.11 Å². The Hall–Kier alpha value is -1.39. The molecule has 0 saturated heterocycles. The Kier molecular flexibility index (Phi) is 5.15. The number of phenolic OH excluding ortho intramolecular Hbond substituents is 1. The molecule has 1 heterocycles. The van der Waals surface area contributed by atoms with Gasteiger partial charge in [-0.3, -0.25) is 0 Å². The monoisotopic (exact) mass is 290 g/mol. The third-order valence-electron chi connectivity index (χ3n) is 3.46. The topological polar surface area (TPSA) is 45.2 Å². The van der Waals surface area contributed by atoms with Crippen LogP contribution in [0.5, 0.6) is 5.75 Å². The van der Waals surface area contributed by atoms with E-state index in [4.69, 9.17) is 0 Å². The van der Waals surface area contributed by atoms with Crippen LogP contribution in [0, 0.1) is 0 Å². The van der Waals surface area contributed by atoms with E-state index in [9.17, 15) is 5.11 Å². The average Bonchev–Trinajstić information content (AvgIpc) is 2.94. The van der Waals surface area contributed by atoms with Crippen molar-refractivity contribution in [3.05, 3.63) is 45.9 Å². The van der Waals surface area contributed by atoms with E-state index >= 15 is 0 Å². The fourth-order valence-electron chi connectivity index (χ4n) is 2.27. The summed E-state index contributed by atoms with van der Waals surface area (Å²) >= 11 is 1.76. The van der Waals surface area contributed by atoms with E-state index in [1.54, 1.807) is 17.4 Å². The minimum Gasteiger partial charge on any atom is -0.508 e. The largest absolute Gasteiger partial charge is 0.508 e. The molecule has 108 valence electrons. The molecule has 0 bridgehead atoms. The van der Waals surface area contributed by atoms with E-state index in [1.807, 2.05) is 24.4 Å². The highest BCUT2D eigenvalue weighted by molar-refractivity contribution is 7.11. The first-order chi connectivity index (χ1) is 9.65. The first kappa shape index (κ1) is 15.0. The summed E-state index contributed by atoms with van der Waals surface area (Å²) in [6.45, 7) is 6.39. The van der Waals surface area contributed by atoms with Crippen molar-refractivity contribution in [1.29, 1.82) is 0 Å². The molecule has 2 aromatic rings. The van der Waals surface area contributed by atoms with Crippen LogP contribution in [0.25, 0.3) is 0 Å². The van der Waals surface area contributed by atoms with Crippen molar-refractivity contribution in [3.63, 3.8) is 0 Å². The van der Waals surface area contributed by atoms with Crippen molar-refractivity contribution in [2.75, 3.05) is 0 Å². The molecule has 0 fully saturated rings. The molecule has 1 aromatic heterocycles. The second-order valence-electron chi connectivity index (χ2n) is 4.93. The molecule has 0 spiro atoms. The molecule has 0 aliphatic rings. The molecule has 4 heteroatoms. The number of nitrogens with one attached hydrogen (secondary N) is 1. The van der Waals surface area contributed by atoms with Gasteiger partial charge in [-0.25, -0.2) is 4.98 Å². The zero-order valence-electron chi connectivity index (χ0n) is 12.3. The SMILES string of the molecule is CCc1cnc(C(C)NC(CC)c2ccccc2O)s1. The first-order valence-corrected chi connectivity index (χ1v) is 7.95. The summed E-state index contributed by atoms with van der Waals surface area (Å²) in [7, 11) is 0. The number of nitrogens with zero attached hydrogens (tertiary/aromatic N) is 1. The van der Waals surface area contributed by atoms with Crippen LogP contribution in [0.4, 0.5) is 0 Å². The Bertz CT molecular complexity index is 553. The molecule has 0 radical (unpaired) electrons. The molecule has 2 rings (SSSR count). The highest BCUT2D eigenvalue weighted by Crippen LogP contribution is 2.29. The van der Waals surface area contributed by atoms with Crippen molar-refractivity contribution in [1.82, 2.24) is 10.3 Å². The zero-order valence-corrected chi connectivity index (χ0v) is 13.1. The molecule has 2 atom stereocenters. The Balaban J connectivity index is 2.12. The van der Waals surface area contributed by atoms with Crippen LogP contribution in [0.2, 0.25) is 0 Å². The summed E-state index contributed by atoms with van der Waals surface area (Å²) in [5.41, 5.74) is 0.953. The van der Waals surface area contributed by atoms with Gasteiger partial charge in [-0.1, -0.05) is 32.0 Å². The lowest BCUT2D eigenvalue weighted by Gasteiger charge is -2.22. The zero-order chi connectivity index (χ0) is 14.5. The number of hydrogen-bond acceptors (Lipinski definition) is 4. The van der Waals surface area contributed by atoms with E-state index in [0.29, 0.717) is 5.75 Å². The minimum atomic E-state index is 0.139. The molecule has 0 saturated carbocycles. The number of benzene rings is 1. The highest BCUT2D eigenvalue weighted by atomic mass is 32.1. The van der Waals surface area contributed by atoms with Gasteiger partial charge in [0.2, 0.25) is 0 Å². The number of para-hydroxylation sites is 1. The second-order valence-corrected chi connectivity index (χ2v) is 6.07. The third-order valence-corrected chi connectivity index (χ3v) is 4.79. The van der Waals surface area contributed by atoms with Crippen LogP contribution >= 0.6 is 11.3 Å². The predicted octanol–water partition coefficient (Wildman–Crippen LogP) is 4.21. The lowest BCUT2D eigenvalue weighted by atomic mass is 10.0. The number of hydrogen-bond donors (Lipinski definition) is 2. The molecule has 20 heavy (non-hydrogen) atoms. The Morgan fingerprint density at radius 3 is 2.65 bits per heavy atom. The maximum absolute atomic E-state index is 9.98. The Morgan fingerprint density at radius 1 is 1.30 bits per heavy atom. The quantitative estimate of drug-likeness (QED) is 0.837. The lowest BCUT2D eigenvalue weighted by Crippen LogP contribution is -2.24. The molecule has 0 aliphatic heterocycles. The van der Waals surface area contributed by atoms with Gasteiger partial charge in [0, 0.05) is 22.7 Å². The smallest absolute Gasteiger partial charge is 0.120 e. The van der Waals surface area contributed by atoms with Crippen LogP contribution in [0.3, 0.4) is 0 Å². The van der Waals surface area contributed by atoms with Crippen LogP contribution in [0.1, 0.15) is 54.7 Å². The fourth-order valence-corrected chi connectivity index (χ4v) is 3.14. The standard InChI is InChI=1S/C16H22N2OS/c1-4-12-10-17-16(20-12)11(3)18-14(5-2)13-8-6-7-9-15(13)19/h6-11,14,18-19H,4-5H2,1-3H3. The molecule has 0 amide bonds. The van der Waals surface area contributed by atoms with E-state index in [0.717, 1.165) is 23.4 Å². The van der Waals surface area contributed by atoms with Gasteiger partial charge in [-0.2, -0.15) is 0 Å². The average molecular weight is 290 g/mol. The molecular formula is C16H22N2OS. The van der Waals surface area contributed by atoms with E-state index in [-0.39, 0.29) is 12.1 Å². The molecule has 3 nitrogen and oxygen atoms in total. The number of aromatic hydroxyl groups is 1. The van der Waals surface area contributed by atoms with Crippen molar-refractivity contribution in [2.45, 2.75) is 45.7 Å². The lowest BCUT2D eigenvalue weighted by molar-refractivity contribution is 0.419. The maximum atomic E-state index is 9.98. The number of phenols is 1. The summed E-state index contributed by atoms with van der Waals surface area (Å²) in [6, 6.07) is 7.85. The van der Waals surface area contributed by atoms with Crippen LogP contribution in [-0.4, -0.2) is 10.1 Å². The van der Waals surface area contributed by atoms with Crippen molar-refractivity contribution in [2.24, 2.45) is 0 Å². The van der Waals surface area contributed by atoms with Gasteiger partial charge in [0.25, 0.3) is 0 Å². The summed E-state index contributed by atoms with van der Waals surface area (Å²) < 4.78 is 0. The molecule has 0 aliphatic carbocycles. The maximum Gasteiger partial charge on any atom is 0.120 e. The van der Waals surface area contributed by atoms with Gasteiger partial charge in [-0.15, -0.1) is 11.3 Å². The summed E-state index contributed by atoms with van der Waals surface area (Å²) in [4.78, 5) is 5.79. The van der Waals surface area contributed by atoms with Crippen molar-refractivity contribution >= 4 is 11.3 Å². The predicted molar refractivity (Wildman–Crippen MR) is 84.2 cm³/mol. The Morgan fingerprint density at radius 2 is 2.05 bits per heavy atom. The second kappa shape index (κ2) is 6.86. The summed E-state index contributed by atoms with van der Waals surface area (Å²) in [5.74, 6) is 0.354. The number of thiazole rings is 1. The van der Waals surface area contributed by atoms with Crippen LogP contribution in [0.15, 0.2) is 30.5 Å². The van der Waals surface area contributed by atoms with Crippen LogP contribution < -0.4 is 5.32 Å². The first-order valence-electron chi connectivity index (χ1n) is 7.14. The normalized spacial score (nSPS) is 14.2. The fraction of sp³-hybridized carbons (Fsp3) is 0.438. The van der Waals surface area contributed by atoms with E-state index < -0.39 is 0 Å². The van der Waals surface area contributed by atoms with Gasteiger partial charge < -0.3 is 10.4 Å². The van der Waals surface area contributed by atoms with Crippen LogP contribution in [-0.2, 0) is 6.42 Å². The van der Waals surface area contributed by atoms with E-state index in [1.165, 1.54) is 4.88 Å². The number of rotatable bonds is 6. The van der Waals surface area contributed by atoms with Gasteiger partial charge in [0.05, 0.1) is 6.04 Å². The highest BCUT2D eigenvalue weighted by Gasteiger charge is 2.18. The molecule has 2 unspecified atom stereocenters. The number of aryl methyl sites for hydroxylation is 1. The van der Waals surface area contributed by atoms with Gasteiger partial charge in [-0.05, 0) is 25.8 Å². The third kappa shape index (κ3) is 3.38. The van der Waals surface area contributed by atoms with Gasteiger partial charge >= 0.3 is 0 Å². The molecular weight excluding hydrogens is 268 g/mol. The van der Waals surface area contributed by atoms with Gasteiger partial charge in [0.15, 0.2) is 0 Å². The minimum absolute atomic E-state index is 0.139. The Labute approximate surface area is 124 Å². The molecule has 1 aromatic carbocycles. The van der Waals surface area contributed by atoms with E-state index in [2.05, 4.69) is 31.1 Å². The van der Waals surface area contributed by atoms with Crippen molar-refractivity contribution in [3.8, 4) is 5.75 Å². The van der Waals surface area contributed by atoms with Gasteiger partial charge in [0.1, 0.15) is 10.8 Å².